The maximum absolute atomic E-state index is 4.72. The van der Waals surface area contributed by atoms with Gasteiger partial charge in [0.15, 0.2) is 0 Å². The molecule has 0 amide bonds. The van der Waals surface area contributed by atoms with Crippen molar-refractivity contribution in [1.82, 2.24) is 0 Å². The van der Waals surface area contributed by atoms with Crippen molar-refractivity contribution in [3.05, 3.63) is 18.6 Å². The Balaban J connectivity index is 0.000000360. The van der Waals surface area contributed by atoms with Crippen LogP contribution in [0.15, 0.2) is 23.0 Å². The monoisotopic (exact) mass is 170 g/mol. The predicted octanol–water partition coefficient (Wildman–Crippen LogP) is -2.92. The SMILES string of the molecule is [Br-].[Mg+][c]1ccoc1. The Bertz CT molecular complexity index is 115. The fraction of sp³-hybridized carbons (Fsp3) is 0. The summed E-state index contributed by atoms with van der Waals surface area (Å²) in [6.45, 7) is 0. The van der Waals surface area contributed by atoms with Gasteiger partial charge in [0.2, 0.25) is 0 Å². The third-order valence-corrected chi connectivity index (χ3v) is 0.982. The second-order valence-electron chi connectivity index (χ2n) is 1.13. The van der Waals surface area contributed by atoms with Crippen LogP contribution in [0.1, 0.15) is 0 Å². The first-order chi connectivity index (χ1) is 2.89. The van der Waals surface area contributed by atoms with Gasteiger partial charge in [-0.15, -0.1) is 0 Å². The Kier molecular flexibility index (Phi) is 3.78. The molecule has 0 spiro atoms. The summed E-state index contributed by atoms with van der Waals surface area (Å²) in [5, 5.41) is 0. The molecule has 0 aromatic carbocycles. The molecule has 1 nitrogen and oxygen atoms in total. The third kappa shape index (κ3) is 2.36. The third-order valence-electron chi connectivity index (χ3n) is 0.580. The minimum absolute atomic E-state index is 0. The number of halogens is 1. The Morgan fingerprint density at radius 2 is 2.29 bits per heavy atom. The standard InChI is InChI=1S/C4H3O.BrH.Mg/c1-2-4-5-3-1;;/h1,3-4H;1H;/q;;+1/p-1. The molecule has 0 unspecified atom stereocenters. The van der Waals surface area contributed by atoms with Gasteiger partial charge in [-0.2, -0.15) is 0 Å². The molecule has 0 saturated heterocycles. The molecule has 0 saturated carbocycles. The van der Waals surface area contributed by atoms with Crippen molar-refractivity contribution in [2.45, 2.75) is 0 Å². The van der Waals surface area contributed by atoms with Crippen molar-refractivity contribution in [3.8, 4) is 0 Å². The van der Waals surface area contributed by atoms with Gasteiger partial charge in [-0.05, 0) is 0 Å². The zero-order chi connectivity index (χ0) is 4.41. The van der Waals surface area contributed by atoms with E-state index in [0.717, 1.165) is 0 Å². The molecule has 7 heavy (non-hydrogen) atoms. The first-order valence-electron chi connectivity index (χ1n) is 1.74. The summed E-state index contributed by atoms with van der Waals surface area (Å²) in [6, 6.07) is 1.93. The maximum atomic E-state index is 4.72. The number of hydrogen-bond acceptors (Lipinski definition) is 1. The van der Waals surface area contributed by atoms with Gasteiger partial charge in [0.05, 0.1) is 0 Å². The second kappa shape index (κ2) is 3.52. The molecule has 1 heterocycles. The summed E-state index contributed by atoms with van der Waals surface area (Å²) in [6.07, 6.45) is 3.39. The van der Waals surface area contributed by atoms with Crippen LogP contribution in [0.5, 0.6) is 0 Å². The summed E-state index contributed by atoms with van der Waals surface area (Å²) >= 11 is 1.81. The van der Waals surface area contributed by atoms with Crippen LogP contribution in [0.4, 0.5) is 0 Å². The van der Waals surface area contributed by atoms with Gasteiger partial charge in [0.25, 0.3) is 0 Å². The molecular formula is C4H3BrMgO. The van der Waals surface area contributed by atoms with Crippen LogP contribution >= 0.6 is 0 Å². The Labute approximate surface area is 65.3 Å². The molecule has 1 aromatic heterocycles. The molecular weight excluding hydrogens is 168 g/mol. The van der Waals surface area contributed by atoms with E-state index in [9.17, 15) is 0 Å². The number of rotatable bonds is 0. The second-order valence-corrected chi connectivity index (χ2v) is 1.95. The molecule has 0 aliphatic carbocycles. The average Bonchev–Trinajstić information content (AvgIpc) is 1.86. The molecule has 1 aromatic rings. The van der Waals surface area contributed by atoms with Crippen molar-refractivity contribution in [2.24, 2.45) is 0 Å². The van der Waals surface area contributed by atoms with E-state index in [-0.39, 0.29) is 17.0 Å². The van der Waals surface area contributed by atoms with Crippen molar-refractivity contribution >= 4 is 25.4 Å². The fourth-order valence-electron chi connectivity index (χ4n) is 0.293. The summed E-state index contributed by atoms with van der Waals surface area (Å²) in [4.78, 5) is 0. The van der Waals surface area contributed by atoms with Crippen LogP contribution < -0.4 is 20.7 Å². The van der Waals surface area contributed by atoms with Crippen LogP contribution in [0, 0.1) is 0 Å². The molecule has 0 radical (unpaired) electrons. The van der Waals surface area contributed by atoms with E-state index < -0.39 is 0 Å². The topological polar surface area (TPSA) is 13.1 Å². The summed E-state index contributed by atoms with van der Waals surface area (Å²) in [5.74, 6) is 0. The van der Waals surface area contributed by atoms with E-state index in [1.807, 2.05) is 27.8 Å². The average molecular weight is 171 g/mol. The Morgan fingerprint density at radius 3 is 2.43 bits per heavy atom. The fourth-order valence-corrected chi connectivity index (χ4v) is 0.485. The van der Waals surface area contributed by atoms with Gasteiger partial charge < -0.3 is 17.0 Å². The van der Waals surface area contributed by atoms with Gasteiger partial charge in [-0.25, -0.2) is 0 Å². The molecule has 0 N–H and O–H groups in total. The van der Waals surface area contributed by atoms with Crippen LogP contribution in [0.3, 0.4) is 0 Å². The summed E-state index contributed by atoms with van der Waals surface area (Å²) < 4.78 is 5.92. The van der Waals surface area contributed by atoms with Crippen molar-refractivity contribution < 1.29 is 21.4 Å². The number of furan rings is 1. The van der Waals surface area contributed by atoms with Gasteiger partial charge in [-0.3, -0.25) is 0 Å². The van der Waals surface area contributed by atoms with Crippen LogP contribution in [-0.4, -0.2) is 21.7 Å². The number of hydrogen-bond donors (Lipinski definition) is 0. The van der Waals surface area contributed by atoms with E-state index >= 15 is 0 Å². The minimum atomic E-state index is 0. The first kappa shape index (κ1) is 7.53. The van der Waals surface area contributed by atoms with Gasteiger partial charge in [-0.1, -0.05) is 0 Å². The van der Waals surface area contributed by atoms with Gasteiger partial charge in [0, 0.05) is 0 Å². The Hall–Kier alpha value is 0.526. The van der Waals surface area contributed by atoms with Crippen molar-refractivity contribution in [1.29, 1.82) is 0 Å². The molecule has 34 valence electrons. The molecule has 0 aliphatic heterocycles. The molecule has 0 aliphatic rings. The molecule has 0 bridgehead atoms. The van der Waals surface area contributed by atoms with Gasteiger partial charge in [0.1, 0.15) is 0 Å². The molecule has 0 atom stereocenters. The first-order valence-corrected chi connectivity index (χ1v) is 2.44. The van der Waals surface area contributed by atoms with Crippen LogP contribution in [0.2, 0.25) is 0 Å². The Morgan fingerprint density at radius 1 is 1.57 bits per heavy atom. The van der Waals surface area contributed by atoms with E-state index in [1.165, 1.54) is 3.69 Å². The van der Waals surface area contributed by atoms with Crippen LogP contribution in [0.25, 0.3) is 0 Å². The summed E-state index contributed by atoms with van der Waals surface area (Å²) in [7, 11) is 0. The van der Waals surface area contributed by atoms with E-state index in [2.05, 4.69) is 0 Å². The van der Waals surface area contributed by atoms with E-state index in [4.69, 9.17) is 4.42 Å². The van der Waals surface area contributed by atoms with E-state index in [0.29, 0.717) is 0 Å². The molecule has 1 rings (SSSR count). The zero-order valence-electron chi connectivity index (χ0n) is 3.73. The van der Waals surface area contributed by atoms with Crippen molar-refractivity contribution in [3.63, 3.8) is 0 Å². The van der Waals surface area contributed by atoms with E-state index in [1.54, 1.807) is 12.5 Å². The van der Waals surface area contributed by atoms with Crippen LogP contribution in [-0.2, 0) is 0 Å². The van der Waals surface area contributed by atoms with Crippen molar-refractivity contribution in [2.75, 3.05) is 0 Å². The van der Waals surface area contributed by atoms with Gasteiger partial charge >= 0.3 is 48.4 Å². The predicted molar refractivity (Wildman–Crippen MR) is 24.1 cm³/mol. The quantitative estimate of drug-likeness (QED) is 0.381. The normalized spacial score (nSPS) is 7.71. The zero-order valence-corrected chi connectivity index (χ0v) is 6.73. The molecule has 0 fully saturated rings. The summed E-state index contributed by atoms with van der Waals surface area (Å²) in [5.41, 5.74) is 0. The molecule has 3 heteroatoms.